The van der Waals surface area contributed by atoms with E-state index in [4.69, 9.17) is 5.11 Å². The SMILES string of the molecule is O=S(=O)(Nc1ccc(Br)cc1)c1cnn(CCCO)c1. The molecule has 0 atom stereocenters. The Balaban J connectivity index is 2.13. The Morgan fingerprint density at radius 2 is 2.00 bits per heavy atom. The Labute approximate surface area is 125 Å². The van der Waals surface area contributed by atoms with E-state index in [9.17, 15) is 8.42 Å². The summed E-state index contributed by atoms with van der Waals surface area (Å²) < 4.78 is 29.1. The average molecular weight is 360 g/mol. The Hall–Kier alpha value is -1.38. The second-order valence-electron chi connectivity index (χ2n) is 4.13. The highest BCUT2D eigenvalue weighted by molar-refractivity contribution is 9.10. The molecule has 0 unspecified atom stereocenters. The lowest BCUT2D eigenvalue weighted by atomic mass is 10.3. The highest BCUT2D eigenvalue weighted by Crippen LogP contribution is 2.18. The van der Waals surface area contributed by atoms with E-state index < -0.39 is 10.0 Å². The van der Waals surface area contributed by atoms with Gasteiger partial charge in [-0.3, -0.25) is 9.40 Å². The lowest BCUT2D eigenvalue weighted by Crippen LogP contribution is -2.12. The van der Waals surface area contributed by atoms with Crippen LogP contribution < -0.4 is 4.72 Å². The number of halogens is 1. The van der Waals surface area contributed by atoms with Crippen LogP contribution in [-0.4, -0.2) is 29.9 Å². The predicted molar refractivity (Wildman–Crippen MR) is 78.9 cm³/mol. The van der Waals surface area contributed by atoms with E-state index in [0.29, 0.717) is 18.7 Å². The molecule has 0 aliphatic rings. The molecule has 108 valence electrons. The first-order valence-electron chi connectivity index (χ1n) is 5.93. The Kier molecular flexibility index (Phi) is 4.79. The van der Waals surface area contributed by atoms with E-state index in [1.165, 1.54) is 17.1 Å². The minimum atomic E-state index is -3.64. The third-order valence-electron chi connectivity index (χ3n) is 2.56. The maximum Gasteiger partial charge on any atom is 0.265 e. The van der Waals surface area contributed by atoms with Gasteiger partial charge < -0.3 is 5.11 Å². The summed E-state index contributed by atoms with van der Waals surface area (Å²) in [6, 6.07) is 6.83. The molecule has 2 aromatic rings. The summed E-state index contributed by atoms with van der Waals surface area (Å²) in [5.74, 6) is 0. The molecule has 6 nitrogen and oxygen atoms in total. The van der Waals surface area contributed by atoms with Crippen molar-refractivity contribution >= 4 is 31.6 Å². The van der Waals surface area contributed by atoms with Gasteiger partial charge in [0.05, 0.1) is 6.20 Å². The Morgan fingerprint density at radius 1 is 1.30 bits per heavy atom. The van der Waals surface area contributed by atoms with Crippen LogP contribution in [0.4, 0.5) is 5.69 Å². The summed E-state index contributed by atoms with van der Waals surface area (Å²) in [5.41, 5.74) is 0.483. The predicted octanol–water partition coefficient (Wildman–Crippen LogP) is 1.83. The van der Waals surface area contributed by atoms with Crippen LogP contribution in [0.2, 0.25) is 0 Å². The first kappa shape index (κ1) is 15.0. The highest BCUT2D eigenvalue weighted by atomic mass is 79.9. The maximum atomic E-state index is 12.1. The van der Waals surface area contributed by atoms with Crippen LogP contribution in [0.1, 0.15) is 6.42 Å². The second-order valence-corrected chi connectivity index (χ2v) is 6.73. The molecule has 8 heteroatoms. The van der Waals surface area contributed by atoms with Gasteiger partial charge in [-0.15, -0.1) is 0 Å². The van der Waals surface area contributed by atoms with Gasteiger partial charge in [-0.25, -0.2) is 8.42 Å². The molecule has 1 heterocycles. The molecule has 0 bridgehead atoms. The van der Waals surface area contributed by atoms with E-state index in [0.717, 1.165) is 4.47 Å². The lowest BCUT2D eigenvalue weighted by Gasteiger charge is -2.05. The normalized spacial score (nSPS) is 11.5. The van der Waals surface area contributed by atoms with Gasteiger partial charge >= 0.3 is 0 Å². The summed E-state index contributed by atoms with van der Waals surface area (Å²) in [7, 11) is -3.64. The van der Waals surface area contributed by atoms with Crippen molar-refractivity contribution < 1.29 is 13.5 Å². The zero-order valence-electron chi connectivity index (χ0n) is 10.5. The summed E-state index contributed by atoms with van der Waals surface area (Å²) >= 11 is 3.29. The number of rotatable bonds is 6. The average Bonchev–Trinajstić information content (AvgIpc) is 2.88. The number of aliphatic hydroxyl groups is 1. The van der Waals surface area contributed by atoms with E-state index in [-0.39, 0.29) is 11.5 Å². The van der Waals surface area contributed by atoms with Crippen molar-refractivity contribution in [2.75, 3.05) is 11.3 Å². The van der Waals surface area contributed by atoms with Crippen LogP contribution in [0.25, 0.3) is 0 Å². The van der Waals surface area contributed by atoms with Crippen molar-refractivity contribution in [1.82, 2.24) is 9.78 Å². The molecule has 0 spiro atoms. The van der Waals surface area contributed by atoms with Gasteiger partial charge in [-0.05, 0) is 30.7 Å². The van der Waals surface area contributed by atoms with E-state index in [1.807, 2.05) is 0 Å². The number of nitrogens with one attached hydrogen (secondary N) is 1. The fourth-order valence-corrected chi connectivity index (χ4v) is 2.85. The maximum absolute atomic E-state index is 12.1. The number of hydrogen-bond acceptors (Lipinski definition) is 4. The van der Waals surface area contributed by atoms with Gasteiger partial charge in [0.1, 0.15) is 4.90 Å². The molecule has 1 aromatic carbocycles. The highest BCUT2D eigenvalue weighted by Gasteiger charge is 2.16. The topological polar surface area (TPSA) is 84.2 Å². The van der Waals surface area contributed by atoms with Crippen LogP contribution in [0, 0.1) is 0 Å². The van der Waals surface area contributed by atoms with Gasteiger partial charge in [0.15, 0.2) is 0 Å². The largest absolute Gasteiger partial charge is 0.396 e. The molecule has 0 aliphatic carbocycles. The summed E-state index contributed by atoms with van der Waals surface area (Å²) in [4.78, 5) is 0.0957. The third kappa shape index (κ3) is 3.81. The number of hydrogen-bond donors (Lipinski definition) is 2. The zero-order chi connectivity index (χ0) is 14.6. The number of aliphatic hydroxyl groups excluding tert-OH is 1. The van der Waals surface area contributed by atoms with Crippen LogP contribution in [0.5, 0.6) is 0 Å². The lowest BCUT2D eigenvalue weighted by molar-refractivity contribution is 0.277. The van der Waals surface area contributed by atoms with Gasteiger partial charge in [0.25, 0.3) is 10.0 Å². The van der Waals surface area contributed by atoms with Crippen molar-refractivity contribution in [3.8, 4) is 0 Å². The second kappa shape index (κ2) is 6.38. The molecule has 2 rings (SSSR count). The first-order chi connectivity index (χ1) is 9.51. The smallest absolute Gasteiger partial charge is 0.265 e. The molecule has 0 amide bonds. The fraction of sp³-hybridized carbons (Fsp3) is 0.250. The van der Waals surface area contributed by atoms with Crippen molar-refractivity contribution in [2.45, 2.75) is 17.9 Å². The van der Waals surface area contributed by atoms with E-state index >= 15 is 0 Å². The molecule has 0 saturated heterocycles. The number of aryl methyl sites for hydroxylation is 1. The molecule has 0 radical (unpaired) electrons. The van der Waals surface area contributed by atoms with E-state index in [1.54, 1.807) is 24.3 Å². The van der Waals surface area contributed by atoms with Crippen LogP contribution in [-0.2, 0) is 16.6 Å². The Bertz CT molecular complexity index is 668. The minimum absolute atomic E-state index is 0.0408. The van der Waals surface area contributed by atoms with E-state index in [2.05, 4.69) is 25.8 Å². The molecular formula is C12H14BrN3O3S. The molecule has 0 fully saturated rings. The summed E-state index contributed by atoms with van der Waals surface area (Å²) in [6.45, 7) is 0.517. The van der Waals surface area contributed by atoms with Gasteiger partial charge in [0, 0.05) is 29.5 Å². The van der Waals surface area contributed by atoms with Gasteiger partial charge in [-0.1, -0.05) is 15.9 Å². The number of benzene rings is 1. The molecule has 0 aliphatic heterocycles. The first-order valence-corrected chi connectivity index (χ1v) is 8.20. The minimum Gasteiger partial charge on any atom is -0.396 e. The summed E-state index contributed by atoms with van der Waals surface area (Å²) in [5, 5.41) is 12.7. The van der Waals surface area contributed by atoms with Crippen molar-refractivity contribution in [3.05, 3.63) is 41.1 Å². The molecule has 20 heavy (non-hydrogen) atoms. The van der Waals surface area contributed by atoms with Gasteiger partial charge in [-0.2, -0.15) is 5.10 Å². The third-order valence-corrected chi connectivity index (χ3v) is 4.43. The van der Waals surface area contributed by atoms with Crippen molar-refractivity contribution in [3.63, 3.8) is 0 Å². The standard InChI is InChI=1S/C12H14BrN3O3S/c13-10-2-4-11(5-3-10)15-20(18,19)12-8-14-16(9-12)6-1-7-17/h2-5,8-9,15,17H,1,6-7H2. The monoisotopic (exact) mass is 359 g/mol. The summed E-state index contributed by atoms with van der Waals surface area (Å²) in [6.07, 6.45) is 3.26. The van der Waals surface area contributed by atoms with Gasteiger partial charge in [0.2, 0.25) is 0 Å². The molecular weight excluding hydrogens is 346 g/mol. The van der Waals surface area contributed by atoms with Crippen molar-refractivity contribution in [2.24, 2.45) is 0 Å². The fourth-order valence-electron chi connectivity index (χ4n) is 1.57. The quantitative estimate of drug-likeness (QED) is 0.823. The molecule has 0 saturated carbocycles. The van der Waals surface area contributed by atoms with Crippen molar-refractivity contribution in [1.29, 1.82) is 0 Å². The number of sulfonamides is 1. The number of nitrogens with zero attached hydrogens (tertiary/aromatic N) is 2. The molecule has 1 aromatic heterocycles. The van der Waals surface area contributed by atoms with Crippen LogP contribution in [0.15, 0.2) is 46.0 Å². The van der Waals surface area contributed by atoms with Crippen LogP contribution in [0.3, 0.4) is 0 Å². The Morgan fingerprint density at radius 3 is 2.65 bits per heavy atom. The number of anilines is 1. The number of aromatic nitrogens is 2. The van der Waals surface area contributed by atoms with Crippen LogP contribution >= 0.6 is 15.9 Å². The molecule has 2 N–H and O–H groups in total. The zero-order valence-corrected chi connectivity index (χ0v) is 12.9.